The molecule has 0 bridgehead atoms. The Hall–Kier alpha value is -9.57. The maximum Gasteiger partial charge on any atom is 0.416 e. The molecule has 12 rings (SSSR count). The fourth-order valence-electron chi connectivity index (χ4n) is 9.84. The number of alkyl halides is 3. The van der Waals surface area contributed by atoms with E-state index in [1.165, 1.54) is 6.07 Å². The molecule has 0 unspecified atom stereocenters. The van der Waals surface area contributed by atoms with Gasteiger partial charge in [-0.15, -0.1) is 0 Å². The van der Waals surface area contributed by atoms with Gasteiger partial charge in [0.25, 0.3) is 0 Å². The van der Waals surface area contributed by atoms with E-state index in [1.807, 2.05) is 66.7 Å². The number of hydrogen-bond donors (Lipinski definition) is 0. The Labute approximate surface area is 399 Å². The molecule has 0 spiro atoms. The Morgan fingerprint density at radius 2 is 0.900 bits per heavy atom. The van der Waals surface area contributed by atoms with Crippen LogP contribution >= 0.6 is 0 Å². The van der Waals surface area contributed by atoms with Gasteiger partial charge in [0, 0.05) is 54.9 Å². The second-order valence-corrected chi connectivity index (χ2v) is 17.1. The molecule has 12 aromatic rings. The Kier molecular flexibility index (Phi) is 9.94. The van der Waals surface area contributed by atoms with Gasteiger partial charge in [-0.2, -0.15) is 23.7 Å². The molecule has 0 saturated carbocycles. The average molecular weight is 909 g/mol. The lowest BCUT2D eigenvalue weighted by Crippen LogP contribution is -2.06. The van der Waals surface area contributed by atoms with Crippen molar-refractivity contribution in [3.05, 3.63) is 229 Å². The Morgan fingerprint density at radius 1 is 0.386 bits per heavy atom. The Bertz CT molecular complexity index is 4030. The van der Waals surface area contributed by atoms with E-state index < -0.39 is 11.7 Å². The number of para-hydroxylation sites is 3. The maximum atomic E-state index is 13.9. The van der Waals surface area contributed by atoms with Gasteiger partial charge in [-0.05, 0) is 90.5 Å². The predicted octanol–water partition coefficient (Wildman–Crippen LogP) is 15.8. The lowest BCUT2D eigenvalue weighted by atomic mass is 9.95. The number of halogens is 3. The van der Waals surface area contributed by atoms with Crippen molar-refractivity contribution in [1.82, 2.24) is 19.1 Å². The largest absolute Gasteiger partial charge is 0.416 e. The van der Waals surface area contributed by atoms with E-state index >= 15 is 0 Å². The molecule has 0 radical (unpaired) electrons. The quantitative estimate of drug-likeness (QED) is 0.159. The van der Waals surface area contributed by atoms with E-state index in [2.05, 4.69) is 130 Å². The molecular formula is C61H35F3N6. The van der Waals surface area contributed by atoms with Gasteiger partial charge in [-0.1, -0.05) is 127 Å². The van der Waals surface area contributed by atoms with Crippen LogP contribution in [-0.2, 0) is 6.18 Å². The number of fused-ring (bicyclic) bond motifs is 6. The first-order valence-corrected chi connectivity index (χ1v) is 22.6. The number of aromatic nitrogens is 4. The van der Waals surface area contributed by atoms with Crippen molar-refractivity contribution in [2.75, 3.05) is 0 Å². The van der Waals surface area contributed by atoms with Crippen LogP contribution in [0.15, 0.2) is 212 Å². The monoisotopic (exact) mass is 908 g/mol. The van der Waals surface area contributed by atoms with Crippen molar-refractivity contribution in [3.8, 4) is 79.7 Å². The summed E-state index contributed by atoms with van der Waals surface area (Å²) in [7, 11) is 0. The van der Waals surface area contributed by atoms with Crippen molar-refractivity contribution < 1.29 is 13.2 Å². The molecule has 6 nitrogen and oxygen atoms in total. The van der Waals surface area contributed by atoms with Crippen LogP contribution in [0.2, 0.25) is 0 Å². The third-order valence-corrected chi connectivity index (χ3v) is 13.0. The number of nitrogens with zero attached hydrogens (tertiary/aromatic N) is 6. The lowest BCUT2D eigenvalue weighted by Gasteiger charge is -2.17. The number of rotatable bonds is 7. The predicted molar refractivity (Wildman–Crippen MR) is 272 cm³/mol. The van der Waals surface area contributed by atoms with Crippen molar-refractivity contribution in [2.24, 2.45) is 0 Å². The molecule has 0 aliphatic heterocycles. The van der Waals surface area contributed by atoms with Crippen LogP contribution in [0.3, 0.4) is 0 Å². The summed E-state index contributed by atoms with van der Waals surface area (Å²) >= 11 is 0. The van der Waals surface area contributed by atoms with Gasteiger partial charge < -0.3 is 9.13 Å². The van der Waals surface area contributed by atoms with E-state index in [0.717, 1.165) is 101 Å². The van der Waals surface area contributed by atoms with Crippen molar-refractivity contribution >= 4 is 43.6 Å². The van der Waals surface area contributed by atoms with Gasteiger partial charge in [0.2, 0.25) is 0 Å². The highest BCUT2D eigenvalue weighted by atomic mass is 19.4. The highest BCUT2D eigenvalue weighted by Crippen LogP contribution is 2.43. The molecule has 0 atom stereocenters. The fourth-order valence-corrected chi connectivity index (χ4v) is 9.84. The third-order valence-electron chi connectivity index (χ3n) is 13.0. The summed E-state index contributed by atoms with van der Waals surface area (Å²) in [5.74, 6) is 0.571. The normalized spacial score (nSPS) is 11.6. The van der Waals surface area contributed by atoms with Crippen molar-refractivity contribution in [1.29, 1.82) is 10.5 Å². The van der Waals surface area contributed by atoms with E-state index in [1.54, 1.807) is 18.2 Å². The van der Waals surface area contributed by atoms with Crippen LogP contribution in [0.5, 0.6) is 0 Å². The summed E-state index contributed by atoms with van der Waals surface area (Å²) in [4.78, 5) is 10.4. The minimum Gasteiger partial charge on any atom is -0.309 e. The first kappa shape index (κ1) is 41.8. The van der Waals surface area contributed by atoms with Crippen LogP contribution in [-0.4, -0.2) is 19.1 Å². The molecule has 0 saturated heterocycles. The van der Waals surface area contributed by atoms with Gasteiger partial charge in [0.1, 0.15) is 0 Å². The van der Waals surface area contributed by atoms with Crippen molar-refractivity contribution in [2.45, 2.75) is 6.18 Å². The molecule has 3 heterocycles. The smallest absolute Gasteiger partial charge is 0.309 e. The molecular weight excluding hydrogens is 874 g/mol. The van der Waals surface area contributed by atoms with E-state index in [9.17, 15) is 23.7 Å². The van der Waals surface area contributed by atoms with Crippen LogP contribution in [0.1, 0.15) is 16.7 Å². The second kappa shape index (κ2) is 16.6. The zero-order valence-corrected chi connectivity index (χ0v) is 37.0. The first-order chi connectivity index (χ1) is 34.2. The molecule has 0 amide bonds. The van der Waals surface area contributed by atoms with E-state index in [4.69, 9.17) is 9.97 Å². The minimum absolute atomic E-state index is 0.152. The average Bonchev–Trinajstić information content (AvgIpc) is 3.93. The van der Waals surface area contributed by atoms with Crippen molar-refractivity contribution in [3.63, 3.8) is 0 Å². The lowest BCUT2D eigenvalue weighted by molar-refractivity contribution is -0.137. The summed E-state index contributed by atoms with van der Waals surface area (Å²) in [5.41, 5.74) is 11.5. The number of nitriles is 2. The summed E-state index contributed by atoms with van der Waals surface area (Å²) in [6.07, 6.45) is -4.64. The summed E-state index contributed by atoms with van der Waals surface area (Å²) in [6, 6.07) is 72.2. The Balaban J connectivity index is 1.11. The van der Waals surface area contributed by atoms with Crippen LogP contribution in [0.25, 0.3) is 111 Å². The first-order valence-electron chi connectivity index (χ1n) is 22.6. The van der Waals surface area contributed by atoms with Gasteiger partial charge in [0.15, 0.2) is 5.82 Å². The molecule has 9 aromatic carbocycles. The molecule has 0 fully saturated rings. The topological polar surface area (TPSA) is 83.2 Å². The molecule has 9 heteroatoms. The SMILES string of the molecule is N#Cc1ccc(-n2c3ccccc3c3cc(-c4cc(-c5nc(-c6ccccc6)cc(-c6ccccc6)n5)ccc4-n4c5ccccc5c5ccccc54)ccc32)c(-c2ccc(C(F)(F)F)cc2C#N)c1. The van der Waals surface area contributed by atoms with E-state index in [-0.39, 0.29) is 11.1 Å². The van der Waals surface area contributed by atoms with E-state index in [0.29, 0.717) is 22.6 Å². The summed E-state index contributed by atoms with van der Waals surface area (Å²) in [6.45, 7) is 0. The molecule has 70 heavy (non-hydrogen) atoms. The van der Waals surface area contributed by atoms with Gasteiger partial charge in [0.05, 0.1) is 73.7 Å². The standard InChI is InChI=1S/C61H35F3N6/c62-61(63,64)44-26-27-45(43(32-44)37-66)50-31-38(36-65)23-28-58(50)70-56-22-12-9-19-48(56)51-33-41(24-29-59(51)70)49-34-42(25-30-57(49)69-54-20-10-7-17-46(54)47-18-8-11-21-55(47)69)60-67-52(39-13-3-1-4-14-39)35-53(68-60)40-15-5-2-6-16-40/h1-35H. The van der Waals surface area contributed by atoms with Gasteiger partial charge in [-0.3, -0.25) is 0 Å². The molecule has 0 N–H and O–H groups in total. The molecule has 3 aromatic heterocycles. The van der Waals surface area contributed by atoms with Gasteiger partial charge >= 0.3 is 6.18 Å². The minimum atomic E-state index is -4.64. The maximum absolute atomic E-state index is 13.9. The summed E-state index contributed by atoms with van der Waals surface area (Å²) < 4.78 is 46.1. The molecule has 0 aliphatic rings. The highest BCUT2D eigenvalue weighted by Gasteiger charge is 2.32. The third kappa shape index (κ3) is 7.04. The molecule has 0 aliphatic carbocycles. The highest BCUT2D eigenvalue weighted by molar-refractivity contribution is 6.12. The van der Waals surface area contributed by atoms with Crippen LogP contribution in [0.4, 0.5) is 13.2 Å². The van der Waals surface area contributed by atoms with Crippen LogP contribution in [0, 0.1) is 22.7 Å². The fraction of sp³-hybridized carbons (Fsp3) is 0.0164. The second-order valence-electron chi connectivity index (χ2n) is 17.1. The zero-order valence-electron chi connectivity index (χ0n) is 37.0. The molecule has 330 valence electrons. The number of hydrogen-bond acceptors (Lipinski definition) is 4. The number of benzene rings is 9. The Morgan fingerprint density at radius 3 is 1.47 bits per heavy atom. The summed E-state index contributed by atoms with van der Waals surface area (Å²) in [5, 5.41) is 24.4. The zero-order chi connectivity index (χ0) is 47.5. The van der Waals surface area contributed by atoms with Gasteiger partial charge in [-0.25, -0.2) is 9.97 Å². The van der Waals surface area contributed by atoms with Crippen LogP contribution < -0.4 is 0 Å².